The monoisotopic (exact) mass is 243 g/mol. The number of nitrogens with zero attached hydrogens (tertiary/aromatic N) is 1. The van der Waals surface area contributed by atoms with Crippen LogP contribution in [0.5, 0.6) is 0 Å². The predicted octanol–water partition coefficient (Wildman–Crippen LogP) is -0.980. The number of rotatable bonds is 3. The molecule has 100 valence electrons. The number of morpholine rings is 1. The summed E-state index contributed by atoms with van der Waals surface area (Å²) < 4.78 is 5.47. The molecule has 2 aliphatic rings. The van der Waals surface area contributed by atoms with Crippen molar-refractivity contribution in [3.63, 3.8) is 0 Å². The van der Waals surface area contributed by atoms with Gasteiger partial charge in [-0.15, -0.1) is 0 Å². The summed E-state index contributed by atoms with van der Waals surface area (Å²) in [4.78, 5) is 2.35. The number of hydrogen-bond donors (Lipinski definition) is 3. The Bertz CT molecular complexity index is 244. The van der Waals surface area contributed by atoms with Crippen LogP contribution in [0.25, 0.3) is 0 Å². The Morgan fingerprint density at radius 2 is 2.24 bits per heavy atom. The van der Waals surface area contributed by atoms with Gasteiger partial charge < -0.3 is 20.5 Å². The van der Waals surface area contributed by atoms with E-state index in [0.29, 0.717) is 18.7 Å². The molecule has 0 radical (unpaired) electrons. The molecule has 0 aromatic heterocycles. The lowest BCUT2D eigenvalue weighted by atomic mass is 9.99. The molecule has 2 rings (SSSR count). The van der Waals surface area contributed by atoms with Crippen molar-refractivity contribution in [2.45, 2.75) is 31.5 Å². The maximum atomic E-state index is 9.53. The Kier molecular flexibility index (Phi) is 4.38. The fourth-order valence-corrected chi connectivity index (χ4v) is 2.51. The summed E-state index contributed by atoms with van der Waals surface area (Å²) >= 11 is 0. The Morgan fingerprint density at radius 3 is 2.88 bits per heavy atom. The van der Waals surface area contributed by atoms with Crippen LogP contribution in [0.1, 0.15) is 13.8 Å². The molecule has 5 heteroatoms. The highest BCUT2D eigenvalue weighted by molar-refractivity contribution is 4.92. The molecule has 2 aliphatic heterocycles. The number of hydrogen-bond acceptors (Lipinski definition) is 5. The summed E-state index contributed by atoms with van der Waals surface area (Å²) in [5.41, 5.74) is -0.219. The zero-order chi connectivity index (χ0) is 12.3. The first-order valence-corrected chi connectivity index (χ1v) is 6.54. The van der Waals surface area contributed by atoms with Crippen LogP contribution < -0.4 is 10.6 Å². The maximum Gasteiger partial charge on any atom is 0.0670 e. The summed E-state index contributed by atoms with van der Waals surface area (Å²) in [6, 6.07) is 1.02. The van der Waals surface area contributed by atoms with Gasteiger partial charge in [0.05, 0.1) is 25.4 Å². The van der Waals surface area contributed by atoms with Crippen molar-refractivity contribution >= 4 is 0 Å². The molecule has 0 spiro atoms. The van der Waals surface area contributed by atoms with E-state index in [1.54, 1.807) is 0 Å². The van der Waals surface area contributed by atoms with Gasteiger partial charge in [0.15, 0.2) is 0 Å². The first kappa shape index (κ1) is 13.2. The van der Waals surface area contributed by atoms with Crippen LogP contribution in [0.15, 0.2) is 0 Å². The molecule has 3 N–H and O–H groups in total. The lowest BCUT2D eigenvalue weighted by molar-refractivity contribution is -0.0856. The molecule has 0 bridgehead atoms. The molecule has 2 saturated heterocycles. The number of aliphatic hydroxyl groups excluding tert-OH is 1. The smallest absolute Gasteiger partial charge is 0.0670 e. The van der Waals surface area contributed by atoms with Gasteiger partial charge in [-0.05, 0) is 13.8 Å². The normalized spacial score (nSPS) is 40.4. The first-order chi connectivity index (χ1) is 8.14. The lowest BCUT2D eigenvalue weighted by Gasteiger charge is -2.45. The van der Waals surface area contributed by atoms with E-state index in [1.807, 2.05) is 0 Å². The number of nitrogens with one attached hydrogen (secondary N) is 2. The van der Waals surface area contributed by atoms with Gasteiger partial charge in [-0.3, -0.25) is 4.90 Å². The van der Waals surface area contributed by atoms with Gasteiger partial charge in [0, 0.05) is 38.3 Å². The highest BCUT2D eigenvalue weighted by atomic mass is 16.5. The van der Waals surface area contributed by atoms with E-state index in [1.165, 1.54) is 0 Å². The Morgan fingerprint density at radius 1 is 1.41 bits per heavy atom. The van der Waals surface area contributed by atoms with E-state index in [-0.39, 0.29) is 12.1 Å². The average molecular weight is 243 g/mol. The van der Waals surface area contributed by atoms with Crippen molar-refractivity contribution in [1.82, 2.24) is 15.5 Å². The Hall–Kier alpha value is -0.200. The third kappa shape index (κ3) is 3.17. The lowest BCUT2D eigenvalue weighted by Crippen LogP contribution is -2.63. The van der Waals surface area contributed by atoms with Crippen LogP contribution in [-0.2, 0) is 4.74 Å². The van der Waals surface area contributed by atoms with Crippen LogP contribution in [-0.4, -0.2) is 73.6 Å². The van der Waals surface area contributed by atoms with Gasteiger partial charge in [-0.2, -0.15) is 0 Å². The van der Waals surface area contributed by atoms with Gasteiger partial charge >= 0.3 is 0 Å². The molecule has 0 saturated carbocycles. The molecule has 0 aromatic rings. The van der Waals surface area contributed by atoms with Crippen LogP contribution in [0.3, 0.4) is 0 Å². The van der Waals surface area contributed by atoms with E-state index in [0.717, 1.165) is 32.8 Å². The van der Waals surface area contributed by atoms with E-state index in [4.69, 9.17) is 4.74 Å². The number of piperazine rings is 1. The van der Waals surface area contributed by atoms with Crippen molar-refractivity contribution in [1.29, 1.82) is 0 Å². The van der Waals surface area contributed by atoms with Crippen LogP contribution in [0.4, 0.5) is 0 Å². The number of aliphatic hydroxyl groups is 1. The third-order valence-electron chi connectivity index (χ3n) is 3.89. The van der Waals surface area contributed by atoms with Crippen LogP contribution in [0, 0.1) is 0 Å². The van der Waals surface area contributed by atoms with Crippen LogP contribution in [0.2, 0.25) is 0 Å². The second-order valence-electron chi connectivity index (χ2n) is 5.57. The zero-order valence-electron chi connectivity index (χ0n) is 10.9. The molecule has 3 atom stereocenters. The highest BCUT2D eigenvalue weighted by Crippen LogP contribution is 2.19. The molecule has 5 nitrogen and oxygen atoms in total. The van der Waals surface area contributed by atoms with Gasteiger partial charge in [0.2, 0.25) is 0 Å². The molecule has 0 aliphatic carbocycles. The third-order valence-corrected chi connectivity index (χ3v) is 3.89. The standard InChI is InChI=1S/C12H25N3O2/c1-10-5-14-11(6-13-10)7-15-3-4-17-9-12(15,2)8-16/h10-11,13-14,16H,3-9H2,1-2H3/t10-,11+,12?/m1/s1. The van der Waals surface area contributed by atoms with Crippen molar-refractivity contribution in [3.05, 3.63) is 0 Å². The molecular weight excluding hydrogens is 218 g/mol. The summed E-state index contributed by atoms with van der Waals surface area (Å²) in [6.45, 7) is 9.71. The highest BCUT2D eigenvalue weighted by Gasteiger charge is 2.36. The minimum Gasteiger partial charge on any atom is -0.394 e. The van der Waals surface area contributed by atoms with Crippen molar-refractivity contribution in [2.75, 3.05) is 46.0 Å². The Labute approximate surface area is 104 Å². The van der Waals surface area contributed by atoms with Crippen LogP contribution >= 0.6 is 0 Å². The first-order valence-electron chi connectivity index (χ1n) is 6.54. The molecule has 0 aromatic carbocycles. The topological polar surface area (TPSA) is 56.8 Å². The molecule has 0 amide bonds. The SMILES string of the molecule is C[C@@H]1CN[C@H](CN2CCOCC2(C)CO)CN1. The largest absolute Gasteiger partial charge is 0.394 e. The van der Waals surface area contributed by atoms with Gasteiger partial charge in [-0.1, -0.05) is 0 Å². The zero-order valence-corrected chi connectivity index (χ0v) is 10.9. The second-order valence-corrected chi connectivity index (χ2v) is 5.57. The average Bonchev–Trinajstić information content (AvgIpc) is 2.35. The van der Waals surface area contributed by atoms with Crippen molar-refractivity contribution in [2.24, 2.45) is 0 Å². The predicted molar refractivity (Wildman–Crippen MR) is 67.1 cm³/mol. The van der Waals surface area contributed by atoms with Gasteiger partial charge in [0.25, 0.3) is 0 Å². The minimum absolute atomic E-state index is 0.156. The van der Waals surface area contributed by atoms with Crippen molar-refractivity contribution in [3.8, 4) is 0 Å². The van der Waals surface area contributed by atoms with E-state index >= 15 is 0 Å². The fourth-order valence-electron chi connectivity index (χ4n) is 2.51. The van der Waals surface area contributed by atoms with E-state index < -0.39 is 0 Å². The molecule has 17 heavy (non-hydrogen) atoms. The quantitative estimate of drug-likeness (QED) is 0.595. The maximum absolute atomic E-state index is 9.53. The van der Waals surface area contributed by atoms with Gasteiger partial charge in [-0.25, -0.2) is 0 Å². The molecular formula is C12H25N3O2. The summed E-state index contributed by atoms with van der Waals surface area (Å²) in [5.74, 6) is 0. The second kappa shape index (κ2) is 5.63. The minimum atomic E-state index is -0.219. The number of ether oxygens (including phenoxy) is 1. The molecule has 1 unspecified atom stereocenters. The summed E-state index contributed by atoms with van der Waals surface area (Å²) in [7, 11) is 0. The fraction of sp³-hybridized carbons (Fsp3) is 1.00. The summed E-state index contributed by atoms with van der Waals surface area (Å²) in [6.07, 6.45) is 0. The Balaban J connectivity index is 1.88. The summed E-state index contributed by atoms with van der Waals surface area (Å²) in [5, 5.41) is 16.6. The van der Waals surface area contributed by atoms with E-state index in [9.17, 15) is 5.11 Å². The van der Waals surface area contributed by atoms with Crippen molar-refractivity contribution < 1.29 is 9.84 Å². The van der Waals surface area contributed by atoms with Gasteiger partial charge in [0.1, 0.15) is 0 Å². The van der Waals surface area contributed by atoms with E-state index in [2.05, 4.69) is 29.4 Å². The molecule has 2 heterocycles. The molecule has 2 fully saturated rings.